The number of nitrogens with one attached hydrogen (secondary N) is 1. The monoisotopic (exact) mass is 378 g/mol. The summed E-state index contributed by atoms with van der Waals surface area (Å²) in [6, 6.07) is 16.3. The van der Waals surface area contributed by atoms with Gasteiger partial charge in [-0.3, -0.25) is 9.69 Å². The van der Waals surface area contributed by atoms with Gasteiger partial charge in [-0.15, -0.1) is 0 Å². The van der Waals surface area contributed by atoms with Gasteiger partial charge >= 0.3 is 0 Å². The first-order valence-electron chi connectivity index (χ1n) is 11.3. The van der Waals surface area contributed by atoms with E-state index in [4.69, 9.17) is 0 Å². The molecule has 2 aromatic rings. The number of benzene rings is 2. The number of fused-ring (bicyclic) bond motifs is 1. The lowest BCUT2D eigenvalue weighted by atomic mass is 9.96. The van der Waals surface area contributed by atoms with Gasteiger partial charge in [0.1, 0.15) is 0 Å². The summed E-state index contributed by atoms with van der Waals surface area (Å²) in [6.45, 7) is 1.81. The van der Waals surface area contributed by atoms with E-state index in [-0.39, 0.29) is 5.91 Å². The van der Waals surface area contributed by atoms with Crippen LogP contribution in [0, 0.1) is 0 Å². The molecule has 0 spiro atoms. The van der Waals surface area contributed by atoms with Gasteiger partial charge in [0.2, 0.25) is 5.91 Å². The second kappa shape index (κ2) is 9.56. The Labute approximate surface area is 169 Å². The molecule has 0 unspecified atom stereocenters. The molecule has 1 amide bonds. The Kier molecular flexibility index (Phi) is 6.64. The minimum atomic E-state index is 0.245. The van der Waals surface area contributed by atoms with Gasteiger partial charge in [0.05, 0.1) is 0 Å². The molecule has 2 aromatic carbocycles. The first-order valence-corrected chi connectivity index (χ1v) is 11.3. The Morgan fingerprint density at radius 1 is 0.893 bits per heavy atom. The molecule has 3 nitrogen and oxygen atoms in total. The Balaban J connectivity index is 1.33. The van der Waals surface area contributed by atoms with E-state index in [0.717, 1.165) is 25.9 Å². The zero-order valence-electron chi connectivity index (χ0n) is 17.0. The highest BCUT2D eigenvalue weighted by Gasteiger charge is 2.29. The van der Waals surface area contributed by atoms with Crippen LogP contribution in [0.2, 0.25) is 0 Å². The van der Waals surface area contributed by atoms with E-state index in [1.807, 2.05) is 0 Å². The summed E-state index contributed by atoms with van der Waals surface area (Å²) in [5.74, 6) is 0.245. The van der Waals surface area contributed by atoms with Crippen LogP contribution in [0.1, 0.15) is 69.8 Å². The summed E-state index contributed by atoms with van der Waals surface area (Å²) in [6.07, 6.45) is 12.0. The molecule has 150 valence electrons. The van der Waals surface area contributed by atoms with Gasteiger partial charge in [-0.05, 0) is 42.0 Å². The third kappa shape index (κ3) is 5.35. The van der Waals surface area contributed by atoms with Crippen molar-refractivity contribution in [1.82, 2.24) is 10.2 Å². The first kappa shape index (κ1) is 19.4. The molecule has 0 aromatic heterocycles. The Morgan fingerprint density at radius 3 is 2.39 bits per heavy atom. The van der Waals surface area contributed by atoms with Crippen LogP contribution < -0.4 is 5.32 Å². The molecule has 0 radical (unpaired) electrons. The predicted molar refractivity (Wildman–Crippen MR) is 116 cm³/mol. The van der Waals surface area contributed by atoms with Crippen LogP contribution in [0.3, 0.4) is 0 Å². The van der Waals surface area contributed by atoms with Crippen LogP contribution in [0.15, 0.2) is 42.5 Å². The molecule has 2 aliphatic rings. The maximum atomic E-state index is 12.6. The SMILES string of the molecule is O=C(CCN(Cc1cccc2ccccc12)C1CC1)NC1CCCCCCC1. The third-order valence-electron chi connectivity index (χ3n) is 6.41. The van der Waals surface area contributed by atoms with E-state index in [1.165, 1.54) is 61.3 Å². The maximum Gasteiger partial charge on any atom is 0.221 e. The van der Waals surface area contributed by atoms with Crippen molar-refractivity contribution in [2.24, 2.45) is 0 Å². The molecule has 3 heteroatoms. The van der Waals surface area contributed by atoms with Crippen molar-refractivity contribution in [3.63, 3.8) is 0 Å². The van der Waals surface area contributed by atoms with Crippen LogP contribution >= 0.6 is 0 Å². The van der Waals surface area contributed by atoms with E-state index in [9.17, 15) is 4.79 Å². The lowest BCUT2D eigenvalue weighted by Crippen LogP contribution is -2.37. The largest absolute Gasteiger partial charge is 0.353 e. The van der Waals surface area contributed by atoms with Crippen molar-refractivity contribution in [2.45, 2.75) is 82.8 Å². The highest BCUT2D eigenvalue weighted by Crippen LogP contribution is 2.30. The summed E-state index contributed by atoms with van der Waals surface area (Å²) in [4.78, 5) is 15.1. The van der Waals surface area contributed by atoms with E-state index in [1.54, 1.807) is 0 Å². The number of nitrogens with zero attached hydrogens (tertiary/aromatic N) is 1. The molecule has 2 saturated carbocycles. The van der Waals surface area contributed by atoms with Gasteiger partial charge < -0.3 is 5.32 Å². The molecule has 0 heterocycles. The van der Waals surface area contributed by atoms with E-state index >= 15 is 0 Å². The quantitative estimate of drug-likeness (QED) is 0.697. The minimum Gasteiger partial charge on any atom is -0.353 e. The third-order valence-corrected chi connectivity index (χ3v) is 6.41. The fraction of sp³-hybridized carbons (Fsp3) is 0.560. The van der Waals surface area contributed by atoms with Crippen LogP contribution in [0.25, 0.3) is 10.8 Å². The Morgan fingerprint density at radius 2 is 1.61 bits per heavy atom. The molecule has 1 N–H and O–H groups in total. The lowest BCUT2D eigenvalue weighted by molar-refractivity contribution is -0.122. The van der Waals surface area contributed by atoms with E-state index in [2.05, 4.69) is 52.7 Å². The van der Waals surface area contributed by atoms with Crippen molar-refractivity contribution >= 4 is 16.7 Å². The second-order valence-corrected chi connectivity index (χ2v) is 8.70. The van der Waals surface area contributed by atoms with E-state index in [0.29, 0.717) is 18.5 Å². The number of carbonyl (C=O) groups excluding carboxylic acids is 1. The summed E-state index contributed by atoms with van der Waals surface area (Å²) < 4.78 is 0. The molecule has 2 fully saturated rings. The smallest absolute Gasteiger partial charge is 0.221 e. The molecule has 28 heavy (non-hydrogen) atoms. The number of amides is 1. The van der Waals surface area contributed by atoms with Crippen molar-refractivity contribution in [3.05, 3.63) is 48.0 Å². The molecule has 0 atom stereocenters. The van der Waals surface area contributed by atoms with Gasteiger partial charge in [0.25, 0.3) is 0 Å². The van der Waals surface area contributed by atoms with Crippen molar-refractivity contribution in [3.8, 4) is 0 Å². The number of carbonyl (C=O) groups is 1. The molecular weight excluding hydrogens is 344 g/mol. The predicted octanol–water partition coefficient (Wildman–Crippen LogP) is 5.42. The fourth-order valence-electron chi connectivity index (χ4n) is 4.63. The van der Waals surface area contributed by atoms with Crippen LogP contribution in [0.5, 0.6) is 0 Å². The van der Waals surface area contributed by atoms with Gasteiger partial charge in [-0.2, -0.15) is 0 Å². The molecule has 2 aliphatic carbocycles. The average Bonchev–Trinajstić information content (AvgIpc) is 3.52. The van der Waals surface area contributed by atoms with Gasteiger partial charge in [-0.1, -0.05) is 74.6 Å². The topological polar surface area (TPSA) is 32.3 Å². The number of hydrogen-bond donors (Lipinski definition) is 1. The number of rotatable bonds is 7. The second-order valence-electron chi connectivity index (χ2n) is 8.70. The fourth-order valence-corrected chi connectivity index (χ4v) is 4.63. The minimum absolute atomic E-state index is 0.245. The highest BCUT2D eigenvalue weighted by atomic mass is 16.1. The lowest BCUT2D eigenvalue weighted by Gasteiger charge is -2.24. The first-order chi connectivity index (χ1) is 13.8. The van der Waals surface area contributed by atoms with Gasteiger partial charge in [-0.25, -0.2) is 0 Å². The normalized spacial score (nSPS) is 18.8. The van der Waals surface area contributed by atoms with Crippen molar-refractivity contribution in [1.29, 1.82) is 0 Å². The summed E-state index contributed by atoms with van der Waals surface area (Å²) in [5.41, 5.74) is 1.38. The van der Waals surface area contributed by atoms with Crippen LogP contribution in [0.4, 0.5) is 0 Å². The summed E-state index contributed by atoms with van der Waals surface area (Å²) in [5, 5.41) is 5.97. The standard InChI is InChI=1S/C25H34N2O/c28-25(26-22-12-4-2-1-3-5-13-22)17-18-27(23-15-16-23)19-21-11-8-10-20-9-6-7-14-24(20)21/h6-11,14,22-23H,1-5,12-13,15-19H2,(H,26,28). The Bertz CT molecular complexity index is 770. The van der Waals surface area contributed by atoms with Crippen molar-refractivity contribution in [2.75, 3.05) is 6.54 Å². The zero-order chi connectivity index (χ0) is 19.2. The molecule has 4 rings (SSSR count). The zero-order valence-corrected chi connectivity index (χ0v) is 17.0. The maximum absolute atomic E-state index is 12.6. The van der Waals surface area contributed by atoms with Gasteiger partial charge in [0.15, 0.2) is 0 Å². The molecule has 0 saturated heterocycles. The van der Waals surface area contributed by atoms with Crippen LogP contribution in [-0.4, -0.2) is 29.4 Å². The summed E-state index contributed by atoms with van der Waals surface area (Å²) in [7, 11) is 0. The summed E-state index contributed by atoms with van der Waals surface area (Å²) >= 11 is 0. The molecule has 0 bridgehead atoms. The van der Waals surface area contributed by atoms with E-state index < -0.39 is 0 Å². The highest BCUT2D eigenvalue weighted by molar-refractivity contribution is 5.85. The molecular formula is C25H34N2O. The van der Waals surface area contributed by atoms with Crippen molar-refractivity contribution < 1.29 is 4.79 Å². The van der Waals surface area contributed by atoms with Crippen LogP contribution in [-0.2, 0) is 11.3 Å². The Hall–Kier alpha value is -1.87. The molecule has 0 aliphatic heterocycles. The number of hydrogen-bond acceptors (Lipinski definition) is 2. The van der Waals surface area contributed by atoms with Gasteiger partial charge in [0, 0.05) is 31.6 Å². The average molecular weight is 379 g/mol.